The molecule has 1 aliphatic heterocycles. The number of carbonyl (C=O) groups excluding carboxylic acids is 1. The van der Waals surface area contributed by atoms with Crippen molar-refractivity contribution in [2.75, 3.05) is 33.9 Å². The number of amides is 1. The Balaban J connectivity index is 1.56. The molecule has 2 aromatic rings. The Morgan fingerprint density at radius 3 is 2.96 bits per heavy atom. The Hall–Kier alpha value is -2.54. The van der Waals surface area contributed by atoms with E-state index in [0.29, 0.717) is 29.5 Å². The van der Waals surface area contributed by atoms with E-state index in [2.05, 4.69) is 20.4 Å². The highest BCUT2D eigenvalue weighted by molar-refractivity contribution is 5.97. The summed E-state index contributed by atoms with van der Waals surface area (Å²) in [5.41, 5.74) is 1.62. The van der Waals surface area contributed by atoms with Crippen molar-refractivity contribution in [2.45, 2.75) is 19.4 Å². The van der Waals surface area contributed by atoms with Gasteiger partial charge >= 0.3 is 0 Å². The van der Waals surface area contributed by atoms with Gasteiger partial charge in [-0.05, 0) is 43.5 Å². The van der Waals surface area contributed by atoms with Gasteiger partial charge in [0.05, 0.1) is 19.8 Å². The third-order valence-electron chi connectivity index (χ3n) is 4.75. The maximum atomic E-state index is 12.6. The number of ether oxygens (including phenoxy) is 2. The molecule has 0 saturated carbocycles. The number of aromatic nitrogens is 2. The molecule has 140 valence electrons. The molecule has 0 unspecified atom stereocenters. The predicted molar refractivity (Wildman–Crippen MR) is 98.5 cm³/mol. The van der Waals surface area contributed by atoms with Gasteiger partial charge in [-0.2, -0.15) is 5.10 Å². The van der Waals surface area contributed by atoms with Crippen molar-refractivity contribution in [3.63, 3.8) is 0 Å². The lowest BCUT2D eigenvalue weighted by molar-refractivity contribution is 0.0926. The quantitative estimate of drug-likeness (QED) is 0.792. The largest absolute Gasteiger partial charge is 0.493 e. The number of carbonyl (C=O) groups is 1. The molecule has 26 heavy (non-hydrogen) atoms. The van der Waals surface area contributed by atoms with Gasteiger partial charge in [0, 0.05) is 31.5 Å². The average molecular weight is 358 g/mol. The van der Waals surface area contributed by atoms with E-state index in [1.54, 1.807) is 38.6 Å². The standard InChI is InChI=1S/C19H26N4O3/c1-25-17-7-3-6-16(18(17)26-2)19(24)20-11-14-5-4-10-23(12-14)13-15-8-9-21-22-15/h3,6-9,14H,4-5,10-13H2,1-2H3,(H,20,24)(H,21,22)/t14-/m1/s1. The lowest BCUT2D eigenvalue weighted by Gasteiger charge is -2.32. The van der Waals surface area contributed by atoms with E-state index in [1.807, 2.05) is 6.07 Å². The molecule has 7 heteroatoms. The maximum Gasteiger partial charge on any atom is 0.255 e. The van der Waals surface area contributed by atoms with Crippen LogP contribution in [0.15, 0.2) is 30.5 Å². The minimum atomic E-state index is -0.133. The number of para-hydroxylation sites is 1. The number of piperidine rings is 1. The van der Waals surface area contributed by atoms with Crippen LogP contribution in [0.5, 0.6) is 11.5 Å². The normalized spacial score (nSPS) is 17.7. The number of nitrogens with one attached hydrogen (secondary N) is 2. The van der Waals surface area contributed by atoms with Gasteiger partial charge in [-0.1, -0.05) is 6.07 Å². The topological polar surface area (TPSA) is 79.5 Å². The number of methoxy groups -OCH3 is 2. The number of nitrogens with zero attached hydrogens (tertiary/aromatic N) is 2. The molecule has 1 saturated heterocycles. The van der Waals surface area contributed by atoms with E-state index >= 15 is 0 Å². The summed E-state index contributed by atoms with van der Waals surface area (Å²) < 4.78 is 10.6. The van der Waals surface area contributed by atoms with Crippen molar-refractivity contribution in [1.29, 1.82) is 0 Å². The molecule has 1 fully saturated rings. The molecule has 1 atom stereocenters. The molecule has 0 bridgehead atoms. The van der Waals surface area contributed by atoms with Gasteiger partial charge in [-0.25, -0.2) is 0 Å². The monoisotopic (exact) mass is 358 g/mol. The SMILES string of the molecule is COc1cccc(C(=O)NC[C@H]2CCCN(Cc3ccn[nH]3)C2)c1OC. The van der Waals surface area contributed by atoms with Crippen LogP contribution >= 0.6 is 0 Å². The van der Waals surface area contributed by atoms with Crippen LogP contribution in [-0.4, -0.2) is 54.9 Å². The number of likely N-dealkylation sites (tertiary alicyclic amines) is 1. The van der Waals surface area contributed by atoms with Crippen LogP contribution in [0.2, 0.25) is 0 Å². The Labute approximate surface area is 153 Å². The first kappa shape index (κ1) is 18.3. The summed E-state index contributed by atoms with van der Waals surface area (Å²) in [7, 11) is 3.11. The van der Waals surface area contributed by atoms with Crippen molar-refractivity contribution in [3.05, 3.63) is 41.7 Å². The van der Waals surface area contributed by atoms with Crippen molar-refractivity contribution >= 4 is 5.91 Å². The van der Waals surface area contributed by atoms with Crippen molar-refractivity contribution in [2.24, 2.45) is 5.92 Å². The number of hydrogen-bond acceptors (Lipinski definition) is 5. The number of hydrogen-bond donors (Lipinski definition) is 2. The lowest BCUT2D eigenvalue weighted by atomic mass is 9.97. The zero-order valence-corrected chi connectivity index (χ0v) is 15.3. The highest BCUT2D eigenvalue weighted by Crippen LogP contribution is 2.30. The number of H-pyrrole nitrogens is 1. The fourth-order valence-corrected chi connectivity index (χ4v) is 3.47. The van der Waals surface area contributed by atoms with E-state index < -0.39 is 0 Å². The van der Waals surface area contributed by atoms with Crippen molar-refractivity contribution in [3.8, 4) is 11.5 Å². The summed E-state index contributed by atoms with van der Waals surface area (Å²) in [6.07, 6.45) is 4.03. The van der Waals surface area contributed by atoms with Crippen LogP contribution in [0.25, 0.3) is 0 Å². The highest BCUT2D eigenvalue weighted by atomic mass is 16.5. The van der Waals surface area contributed by atoms with Gasteiger partial charge in [-0.15, -0.1) is 0 Å². The van der Waals surface area contributed by atoms with E-state index in [0.717, 1.165) is 38.2 Å². The number of benzene rings is 1. The first-order valence-electron chi connectivity index (χ1n) is 8.91. The third kappa shape index (κ3) is 4.35. The zero-order valence-electron chi connectivity index (χ0n) is 15.3. The smallest absolute Gasteiger partial charge is 0.255 e. The Morgan fingerprint density at radius 1 is 1.35 bits per heavy atom. The van der Waals surface area contributed by atoms with Crippen molar-refractivity contribution < 1.29 is 14.3 Å². The molecular formula is C19H26N4O3. The van der Waals surface area contributed by atoms with Gasteiger partial charge in [-0.3, -0.25) is 14.8 Å². The molecule has 2 N–H and O–H groups in total. The Bertz CT molecular complexity index is 718. The summed E-state index contributed by atoms with van der Waals surface area (Å²) in [5.74, 6) is 1.33. The van der Waals surface area contributed by atoms with Gasteiger partial charge in [0.15, 0.2) is 11.5 Å². The minimum absolute atomic E-state index is 0.133. The molecule has 1 amide bonds. The molecule has 0 radical (unpaired) electrons. The molecule has 1 aromatic heterocycles. The lowest BCUT2D eigenvalue weighted by Crippen LogP contribution is -2.40. The predicted octanol–water partition coefficient (Wildman–Crippen LogP) is 2.07. The van der Waals surface area contributed by atoms with E-state index in [9.17, 15) is 4.79 Å². The Kier molecular flexibility index (Phi) is 6.12. The van der Waals surface area contributed by atoms with Gasteiger partial charge in [0.25, 0.3) is 5.91 Å². The van der Waals surface area contributed by atoms with E-state index in [-0.39, 0.29) is 5.91 Å². The molecule has 1 aromatic carbocycles. The third-order valence-corrected chi connectivity index (χ3v) is 4.75. The number of rotatable bonds is 7. The Morgan fingerprint density at radius 2 is 2.23 bits per heavy atom. The van der Waals surface area contributed by atoms with Gasteiger partial charge < -0.3 is 14.8 Å². The van der Waals surface area contributed by atoms with Crippen LogP contribution in [-0.2, 0) is 6.54 Å². The minimum Gasteiger partial charge on any atom is -0.493 e. The molecule has 0 aliphatic carbocycles. The molecule has 7 nitrogen and oxygen atoms in total. The van der Waals surface area contributed by atoms with Gasteiger partial charge in [0.1, 0.15) is 0 Å². The summed E-state index contributed by atoms with van der Waals surface area (Å²) in [6.45, 7) is 3.56. The average Bonchev–Trinajstić information content (AvgIpc) is 3.18. The first-order valence-corrected chi connectivity index (χ1v) is 8.91. The van der Waals surface area contributed by atoms with Crippen LogP contribution in [0.3, 0.4) is 0 Å². The van der Waals surface area contributed by atoms with Crippen molar-refractivity contribution in [1.82, 2.24) is 20.4 Å². The molecule has 3 rings (SSSR count). The second kappa shape index (κ2) is 8.71. The number of aromatic amines is 1. The second-order valence-electron chi connectivity index (χ2n) is 6.58. The summed E-state index contributed by atoms with van der Waals surface area (Å²) >= 11 is 0. The summed E-state index contributed by atoms with van der Waals surface area (Å²) in [5, 5.41) is 10.1. The summed E-state index contributed by atoms with van der Waals surface area (Å²) in [4.78, 5) is 15.0. The van der Waals surface area contributed by atoms with E-state index in [4.69, 9.17) is 9.47 Å². The maximum absolute atomic E-state index is 12.6. The molecule has 1 aliphatic rings. The molecule has 0 spiro atoms. The summed E-state index contributed by atoms with van der Waals surface area (Å²) in [6, 6.07) is 7.33. The molecule has 2 heterocycles. The van der Waals surface area contributed by atoms with Crippen LogP contribution in [0.4, 0.5) is 0 Å². The molecular weight excluding hydrogens is 332 g/mol. The van der Waals surface area contributed by atoms with Gasteiger partial charge in [0.2, 0.25) is 0 Å². The zero-order chi connectivity index (χ0) is 18.4. The van der Waals surface area contributed by atoms with Crippen LogP contribution < -0.4 is 14.8 Å². The first-order chi connectivity index (χ1) is 12.7. The van der Waals surface area contributed by atoms with Crippen LogP contribution in [0, 0.1) is 5.92 Å². The van der Waals surface area contributed by atoms with E-state index in [1.165, 1.54) is 0 Å². The highest BCUT2D eigenvalue weighted by Gasteiger charge is 2.22. The second-order valence-corrected chi connectivity index (χ2v) is 6.58. The van der Waals surface area contributed by atoms with Crippen LogP contribution in [0.1, 0.15) is 28.9 Å². The fourth-order valence-electron chi connectivity index (χ4n) is 3.47. The fraction of sp³-hybridized carbons (Fsp3) is 0.474.